The highest BCUT2D eigenvalue weighted by molar-refractivity contribution is 7.99. The number of aryl methyl sites for hydroxylation is 1. The lowest BCUT2D eigenvalue weighted by Crippen LogP contribution is -2.48. The van der Waals surface area contributed by atoms with E-state index in [0.717, 1.165) is 31.7 Å². The van der Waals surface area contributed by atoms with Crippen LogP contribution in [0.25, 0.3) is 0 Å². The molecule has 0 saturated carbocycles. The second kappa shape index (κ2) is 7.13. The first-order valence-electron chi connectivity index (χ1n) is 7.76. The number of carbonyl (C=O) groups is 2. The minimum atomic E-state index is -0.262. The molecular formula is C14H21N5O2S. The number of hydrogen-bond acceptors (Lipinski definition) is 5. The molecule has 120 valence electrons. The molecule has 0 N–H and O–H groups in total. The number of nitrogens with zero attached hydrogens (tertiary/aromatic N) is 5. The van der Waals surface area contributed by atoms with Gasteiger partial charge >= 0.3 is 0 Å². The van der Waals surface area contributed by atoms with Gasteiger partial charge in [-0.1, -0.05) is 5.21 Å². The molecule has 22 heavy (non-hydrogen) atoms. The van der Waals surface area contributed by atoms with Crippen LogP contribution in [0, 0.1) is 0 Å². The summed E-state index contributed by atoms with van der Waals surface area (Å²) in [6.45, 7) is 2.36. The summed E-state index contributed by atoms with van der Waals surface area (Å²) in [5, 5.41) is 7.62. The van der Waals surface area contributed by atoms with E-state index in [9.17, 15) is 9.59 Å². The van der Waals surface area contributed by atoms with Crippen molar-refractivity contribution in [3.8, 4) is 0 Å². The normalized spacial score (nSPS) is 21.5. The molecule has 2 fully saturated rings. The Hall–Kier alpha value is -1.57. The molecule has 0 unspecified atom stereocenters. The fourth-order valence-corrected chi connectivity index (χ4v) is 4.10. The Bertz CT molecular complexity index is 515. The quantitative estimate of drug-likeness (QED) is 0.793. The predicted octanol–water partition coefficient (Wildman–Crippen LogP) is 0.582. The number of amides is 2. The summed E-state index contributed by atoms with van der Waals surface area (Å²) in [5.41, 5.74) is 0. The van der Waals surface area contributed by atoms with Gasteiger partial charge in [-0.15, -0.1) is 16.9 Å². The van der Waals surface area contributed by atoms with Crippen molar-refractivity contribution in [2.24, 2.45) is 0 Å². The first-order chi connectivity index (χ1) is 10.8. The van der Waals surface area contributed by atoms with E-state index in [1.807, 2.05) is 4.90 Å². The summed E-state index contributed by atoms with van der Waals surface area (Å²) in [6, 6.07) is -0.262. The number of aromatic nitrogens is 3. The Morgan fingerprint density at radius 3 is 2.82 bits per heavy atom. The van der Waals surface area contributed by atoms with Gasteiger partial charge in [-0.2, -0.15) is 0 Å². The summed E-state index contributed by atoms with van der Waals surface area (Å²) < 4.78 is 1.72. The fraction of sp³-hybridized carbons (Fsp3) is 0.714. The molecule has 1 aromatic rings. The van der Waals surface area contributed by atoms with E-state index in [1.165, 1.54) is 0 Å². The number of hydrogen-bond donors (Lipinski definition) is 0. The van der Waals surface area contributed by atoms with Gasteiger partial charge in [-0.3, -0.25) is 14.3 Å². The molecule has 1 aromatic heterocycles. The van der Waals surface area contributed by atoms with Crippen molar-refractivity contribution in [3.05, 3.63) is 12.4 Å². The Kier molecular flexibility index (Phi) is 4.97. The van der Waals surface area contributed by atoms with Crippen LogP contribution in [0.4, 0.5) is 0 Å². The zero-order valence-electron chi connectivity index (χ0n) is 12.6. The first kappa shape index (κ1) is 15.3. The maximum Gasteiger partial charge on any atom is 0.246 e. The highest BCUT2D eigenvalue weighted by atomic mass is 32.2. The molecule has 2 aliphatic heterocycles. The summed E-state index contributed by atoms with van der Waals surface area (Å²) >= 11 is 1.67. The molecule has 3 rings (SSSR count). The summed E-state index contributed by atoms with van der Waals surface area (Å²) in [4.78, 5) is 28.6. The Morgan fingerprint density at radius 2 is 2.09 bits per heavy atom. The highest BCUT2D eigenvalue weighted by Gasteiger charge is 2.37. The molecule has 0 aliphatic carbocycles. The lowest BCUT2D eigenvalue weighted by atomic mass is 10.2. The monoisotopic (exact) mass is 323 g/mol. The number of thioether (sulfide) groups is 1. The van der Waals surface area contributed by atoms with Crippen LogP contribution < -0.4 is 0 Å². The molecular weight excluding hydrogens is 302 g/mol. The molecule has 1 atom stereocenters. The van der Waals surface area contributed by atoms with Crippen molar-refractivity contribution in [2.75, 3.05) is 24.7 Å². The lowest BCUT2D eigenvalue weighted by Gasteiger charge is -2.27. The summed E-state index contributed by atoms with van der Waals surface area (Å²) in [6.07, 6.45) is 6.74. The van der Waals surface area contributed by atoms with Gasteiger partial charge in [0.15, 0.2) is 0 Å². The van der Waals surface area contributed by atoms with Gasteiger partial charge in [0.2, 0.25) is 11.8 Å². The second-order valence-corrected chi connectivity index (χ2v) is 6.68. The largest absolute Gasteiger partial charge is 0.341 e. The summed E-state index contributed by atoms with van der Waals surface area (Å²) in [5.74, 6) is 1.56. The van der Waals surface area contributed by atoms with Gasteiger partial charge in [0.05, 0.1) is 12.1 Å². The van der Waals surface area contributed by atoms with Crippen LogP contribution in [-0.4, -0.2) is 67.4 Å². The van der Waals surface area contributed by atoms with Gasteiger partial charge < -0.3 is 9.80 Å². The first-order valence-corrected chi connectivity index (χ1v) is 8.91. The van der Waals surface area contributed by atoms with E-state index in [4.69, 9.17) is 0 Å². The van der Waals surface area contributed by atoms with Crippen LogP contribution in [0.2, 0.25) is 0 Å². The van der Waals surface area contributed by atoms with Gasteiger partial charge in [0.1, 0.15) is 6.04 Å². The molecule has 0 bridgehead atoms. The zero-order valence-corrected chi connectivity index (χ0v) is 13.4. The van der Waals surface area contributed by atoms with Crippen LogP contribution in [0.5, 0.6) is 0 Å². The van der Waals surface area contributed by atoms with Crippen molar-refractivity contribution in [2.45, 2.75) is 38.3 Å². The second-order valence-electron chi connectivity index (χ2n) is 5.68. The fourth-order valence-electron chi connectivity index (χ4n) is 2.93. The lowest BCUT2D eigenvalue weighted by molar-refractivity contribution is -0.142. The Labute approximate surface area is 134 Å². The van der Waals surface area contributed by atoms with Crippen molar-refractivity contribution in [3.63, 3.8) is 0 Å². The molecule has 0 aromatic carbocycles. The van der Waals surface area contributed by atoms with Gasteiger partial charge in [-0.05, 0) is 19.3 Å². The molecule has 2 amide bonds. The van der Waals surface area contributed by atoms with E-state index in [2.05, 4.69) is 10.3 Å². The maximum atomic E-state index is 12.5. The van der Waals surface area contributed by atoms with Crippen LogP contribution in [0.3, 0.4) is 0 Å². The number of rotatable bonds is 5. The molecule has 0 radical (unpaired) electrons. The smallest absolute Gasteiger partial charge is 0.246 e. The van der Waals surface area contributed by atoms with Crippen LogP contribution in [0.15, 0.2) is 12.4 Å². The maximum absolute atomic E-state index is 12.5. The van der Waals surface area contributed by atoms with E-state index >= 15 is 0 Å². The van der Waals surface area contributed by atoms with Gasteiger partial charge in [-0.25, -0.2) is 0 Å². The Balaban J connectivity index is 1.50. The average Bonchev–Trinajstić information content (AvgIpc) is 3.26. The molecule has 2 saturated heterocycles. The van der Waals surface area contributed by atoms with Crippen molar-refractivity contribution in [1.29, 1.82) is 0 Å². The standard InChI is InChI=1S/C14H21N5O2S/c20-13(4-3-8-18-9-5-15-16-18)19-11-22-10-12(19)14(21)17-6-1-2-7-17/h5,9,12H,1-4,6-8,10-11H2/t12-/m1/s1. The third-order valence-electron chi connectivity index (χ3n) is 4.16. The predicted molar refractivity (Wildman–Crippen MR) is 83.0 cm³/mol. The third kappa shape index (κ3) is 3.43. The highest BCUT2D eigenvalue weighted by Crippen LogP contribution is 2.25. The van der Waals surface area contributed by atoms with Crippen molar-refractivity contribution in [1.82, 2.24) is 24.8 Å². The van der Waals surface area contributed by atoms with E-state index in [1.54, 1.807) is 33.7 Å². The van der Waals surface area contributed by atoms with Crippen molar-refractivity contribution >= 4 is 23.6 Å². The van der Waals surface area contributed by atoms with Crippen molar-refractivity contribution < 1.29 is 9.59 Å². The molecule has 0 spiro atoms. The van der Waals surface area contributed by atoms with Gasteiger partial charge in [0.25, 0.3) is 0 Å². The van der Waals surface area contributed by atoms with Crippen LogP contribution in [0.1, 0.15) is 25.7 Å². The van der Waals surface area contributed by atoms with E-state index in [0.29, 0.717) is 25.3 Å². The molecule has 3 heterocycles. The van der Waals surface area contributed by atoms with E-state index in [-0.39, 0.29) is 17.9 Å². The minimum absolute atomic E-state index is 0.0719. The minimum Gasteiger partial charge on any atom is -0.341 e. The molecule has 8 heteroatoms. The zero-order chi connectivity index (χ0) is 15.4. The van der Waals surface area contributed by atoms with Gasteiger partial charge in [0, 0.05) is 38.0 Å². The third-order valence-corrected chi connectivity index (χ3v) is 5.17. The Morgan fingerprint density at radius 1 is 1.27 bits per heavy atom. The number of likely N-dealkylation sites (tertiary alicyclic amines) is 1. The number of carbonyl (C=O) groups excluding carboxylic acids is 2. The van der Waals surface area contributed by atoms with Crippen LogP contribution >= 0.6 is 11.8 Å². The molecule has 2 aliphatic rings. The average molecular weight is 323 g/mol. The topological polar surface area (TPSA) is 71.3 Å². The molecule has 7 nitrogen and oxygen atoms in total. The van der Waals surface area contributed by atoms with Crippen LogP contribution in [-0.2, 0) is 16.1 Å². The SMILES string of the molecule is O=C([C@H]1CSCN1C(=O)CCCn1ccnn1)N1CCCC1. The summed E-state index contributed by atoms with van der Waals surface area (Å²) in [7, 11) is 0. The van der Waals surface area contributed by atoms with E-state index < -0.39 is 0 Å².